The Hall–Kier alpha value is -0.690. The van der Waals surface area contributed by atoms with Crippen molar-refractivity contribution in [2.75, 3.05) is 4.84 Å². The smallest absolute Gasteiger partial charge is 0.0526 e. The molecule has 0 amide bonds. The van der Waals surface area contributed by atoms with E-state index in [-0.39, 0.29) is 0 Å². The SMILES string of the molecule is CCc1cccc(NCl)c1CC. The molecule has 0 fully saturated rings. The van der Waals surface area contributed by atoms with Gasteiger partial charge < -0.3 is 0 Å². The van der Waals surface area contributed by atoms with Crippen molar-refractivity contribution in [3.63, 3.8) is 0 Å². The number of rotatable bonds is 3. The van der Waals surface area contributed by atoms with Gasteiger partial charge in [-0.2, -0.15) is 0 Å². The van der Waals surface area contributed by atoms with Crippen LogP contribution in [-0.2, 0) is 12.8 Å². The lowest BCUT2D eigenvalue weighted by molar-refractivity contribution is 1.04. The fraction of sp³-hybridized carbons (Fsp3) is 0.400. The van der Waals surface area contributed by atoms with Crippen molar-refractivity contribution in [1.82, 2.24) is 0 Å². The van der Waals surface area contributed by atoms with Gasteiger partial charge in [-0.05, 0) is 30.0 Å². The molecular weight excluding hydrogens is 170 g/mol. The maximum Gasteiger partial charge on any atom is 0.0526 e. The molecule has 0 saturated heterocycles. The summed E-state index contributed by atoms with van der Waals surface area (Å²) in [5.41, 5.74) is 3.75. The highest BCUT2D eigenvalue weighted by atomic mass is 35.5. The summed E-state index contributed by atoms with van der Waals surface area (Å²) in [6, 6.07) is 6.18. The molecule has 66 valence electrons. The zero-order valence-electron chi connectivity index (χ0n) is 7.52. The van der Waals surface area contributed by atoms with Gasteiger partial charge in [-0.15, -0.1) is 0 Å². The maximum absolute atomic E-state index is 5.59. The van der Waals surface area contributed by atoms with Crippen LogP contribution in [0.3, 0.4) is 0 Å². The van der Waals surface area contributed by atoms with Crippen LogP contribution in [0.2, 0.25) is 0 Å². The van der Waals surface area contributed by atoms with Gasteiger partial charge in [-0.1, -0.05) is 26.0 Å². The first-order chi connectivity index (χ1) is 5.83. The lowest BCUT2D eigenvalue weighted by Crippen LogP contribution is -1.95. The lowest BCUT2D eigenvalue weighted by atomic mass is 10.0. The fourth-order valence-electron chi connectivity index (χ4n) is 1.47. The molecule has 0 saturated carbocycles. The Labute approximate surface area is 78.9 Å². The summed E-state index contributed by atoms with van der Waals surface area (Å²) in [5, 5.41) is 0. The summed E-state index contributed by atoms with van der Waals surface area (Å²) >= 11 is 5.59. The highest BCUT2D eigenvalue weighted by molar-refractivity contribution is 6.24. The number of benzene rings is 1. The normalized spacial score (nSPS) is 9.92. The summed E-state index contributed by atoms with van der Waals surface area (Å²) < 4.78 is 0. The van der Waals surface area contributed by atoms with Gasteiger partial charge in [0.2, 0.25) is 0 Å². The van der Waals surface area contributed by atoms with E-state index in [0.29, 0.717) is 0 Å². The predicted molar refractivity (Wildman–Crippen MR) is 54.7 cm³/mol. The summed E-state index contributed by atoms with van der Waals surface area (Å²) in [6.45, 7) is 4.30. The molecule has 12 heavy (non-hydrogen) atoms. The van der Waals surface area contributed by atoms with Gasteiger partial charge >= 0.3 is 0 Å². The molecule has 0 spiro atoms. The van der Waals surface area contributed by atoms with Crippen LogP contribution in [0.25, 0.3) is 0 Å². The first kappa shape index (κ1) is 9.40. The molecule has 0 aliphatic heterocycles. The van der Waals surface area contributed by atoms with E-state index in [2.05, 4.69) is 24.7 Å². The number of halogens is 1. The number of hydrogen-bond acceptors (Lipinski definition) is 1. The van der Waals surface area contributed by atoms with Gasteiger partial charge in [-0.3, -0.25) is 4.84 Å². The van der Waals surface area contributed by atoms with E-state index in [1.807, 2.05) is 12.1 Å². The van der Waals surface area contributed by atoms with Crippen molar-refractivity contribution >= 4 is 17.5 Å². The average Bonchev–Trinajstić information content (AvgIpc) is 2.16. The van der Waals surface area contributed by atoms with E-state index in [9.17, 15) is 0 Å². The molecule has 1 rings (SSSR count). The van der Waals surface area contributed by atoms with E-state index in [1.165, 1.54) is 11.1 Å². The molecule has 0 atom stereocenters. The largest absolute Gasteiger partial charge is 0.298 e. The van der Waals surface area contributed by atoms with Crippen molar-refractivity contribution in [2.45, 2.75) is 26.7 Å². The highest BCUT2D eigenvalue weighted by Crippen LogP contribution is 2.21. The van der Waals surface area contributed by atoms with Crippen LogP contribution >= 0.6 is 11.8 Å². The molecule has 0 bridgehead atoms. The quantitative estimate of drug-likeness (QED) is 0.709. The summed E-state index contributed by atoms with van der Waals surface area (Å²) in [4.78, 5) is 2.69. The molecule has 0 aliphatic carbocycles. The Kier molecular flexibility index (Phi) is 3.42. The van der Waals surface area contributed by atoms with Gasteiger partial charge in [0, 0.05) is 11.8 Å². The summed E-state index contributed by atoms with van der Waals surface area (Å²) in [5.74, 6) is 0. The van der Waals surface area contributed by atoms with Crippen LogP contribution in [0.4, 0.5) is 5.69 Å². The van der Waals surface area contributed by atoms with Crippen molar-refractivity contribution in [3.05, 3.63) is 29.3 Å². The van der Waals surface area contributed by atoms with Crippen molar-refractivity contribution in [1.29, 1.82) is 0 Å². The minimum atomic E-state index is 1.03. The molecular formula is C10H14ClN. The molecule has 0 heterocycles. The van der Waals surface area contributed by atoms with Crippen LogP contribution in [0.1, 0.15) is 25.0 Å². The second-order valence-corrected chi connectivity index (χ2v) is 2.93. The van der Waals surface area contributed by atoms with E-state index in [0.717, 1.165) is 18.5 Å². The first-order valence-corrected chi connectivity index (χ1v) is 4.68. The van der Waals surface area contributed by atoms with Crippen molar-refractivity contribution in [3.8, 4) is 0 Å². The third kappa shape index (κ3) is 1.72. The summed E-state index contributed by atoms with van der Waals surface area (Å²) in [6.07, 6.45) is 2.09. The number of hydrogen-bond donors (Lipinski definition) is 1. The Morgan fingerprint density at radius 2 is 2.00 bits per heavy atom. The number of nitrogens with one attached hydrogen (secondary N) is 1. The third-order valence-corrected chi connectivity index (χ3v) is 2.31. The summed E-state index contributed by atoms with van der Waals surface area (Å²) in [7, 11) is 0. The standard InChI is InChI=1S/C10H14ClN/c1-3-8-6-5-7-10(12-11)9(8)4-2/h5-7,12H,3-4H2,1-2H3. The van der Waals surface area contributed by atoms with Gasteiger partial charge in [0.1, 0.15) is 0 Å². The average molecular weight is 184 g/mol. The van der Waals surface area contributed by atoms with E-state index < -0.39 is 0 Å². The van der Waals surface area contributed by atoms with Crippen LogP contribution in [0.15, 0.2) is 18.2 Å². The highest BCUT2D eigenvalue weighted by Gasteiger charge is 2.03. The predicted octanol–water partition coefficient (Wildman–Crippen LogP) is 3.38. The molecule has 2 heteroatoms. The molecule has 0 radical (unpaired) electrons. The third-order valence-electron chi connectivity index (χ3n) is 2.11. The Morgan fingerprint density at radius 3 is 2.50 bits per heavy atom. The number of aryl methyl sites for hydroxylation is 1. The fourth-order valence-corrected chi connectivity index (χ4v) is 1.65. The molecule has 1 aromatic carbocycles. The first-order valence-electron chi connectivity index (χ1n) is 4.30. The second kappa shape index (κ2) is 4.36. The maximum atomic E-state index is 5.59. The lowest BCUT2D eigenvalue weighted by Gasteiger charge is -2.09. The Morgan fingerprint density at radius 1 is 1.25 bits per heavy atom. The molecule has 0 aromatic heterocycles. The number of anilines is 1. The monoisotopic (exact) mass is 183 g/mol. The minimum Gasteiger partial charge on any atom is -0.298 e. The molecule has 0 aliphatic rings. The van der Waals surface area contributed by atoms with E-state index in [1.54, 1.807) is 0 Å². The van der Waals surface area contributed by atoms with E-state index >= 15 is 0 Å². The van der Waals surface area contributed by atoms with Gasteiger partial charge in [0.05, 0.1) is 5.69 Å². The molecule has 1 nitrogen and oxygen atoms in total. The van der Waals surface area contributed by atoms with Gasteiger partial charge in [0.25, 0.3) is 0 Å². The molecule has 1 aromatic rings. The van der Waals surface area contributed by atoms with E-state index in [4.69, 9.17) is 11.8 Å². The van der Waals surface area contributed by atoms with Crippen LogP contribution in [0.5, 0.6) is 0 Å². The van der Waals surface area contributed by atoms with Crippen LogP contribution in [0, 0.1) is 0 Å². The van der Waals surface area contributed by atoms with Crippen LogP contribution in [-0.4, -0.2) is 0 Å². The minimum absolute atomic E-state index is 1.03. The van der Waals surface area contributed by atoms with Crippen molar-refractivity contribution in [2.24, 2.45) is 0 Å². The Bertz CT molecular complexity index is 236. The Balaban J connectivity index is 3.13. The van der Waals surface area contributed by atoms with Crippen LogP contribution < -0.4 is 4.84 Å². The zero-order chi connectivity index (χ0) is 8.97. The molecule has 0 unspecified atom stereocenters. The molecule has 1 N–H and O–H groups in total. The van der Waals surface area contributed by atoms with Gasteiger partial charge in [-0.25, -0.2) is 0 Å². The zero-order valence-corrected chi connectivity index (χ0v) is 8.28. The van der Waals surface area contributed by atoms with Crippen molar-refractivity contribution < 1.29 is 0 Å². The van der Waals surface area contributed by atoms with Gasteiger partial charge in [0.15, 0.2) is 0 Å². The topological polar surface area (TPSA) is 12.0 Å². The second-order valence-electron chi connectivity index (χ2n) is 2.74.